The summed E-state index contributed by atoms with van der Waals surface area (Å²) in [4.78, 5) is 13.1. The zero-order valence-corrected chi connectivity index (χ0v) is 16.0. The number of rotatable bonds is 5. The molecule has 0 bridgehead atoms. The molecule has 0 aromatic heterocycles. The second-order valence-electron chi connectivity index (χ2n) is 5.75. The van der Waals surface area contributed by atoms with E-state index in [1.165, 1.54) is 17.0 Å². The van der Waals surface area contributed by atoms with Crippen molar-refractivity contribution in [2.75, 3.05) is 4.72 Å². The van der Waals surface area contributed by atoms with Crippen LogP contribution < -0.4 is 4.72 Å². The highest BCUT2D eigenvalue weighted by Gasteiger charge is 2.19. The van der Waals surface area contributed by atoms with E-state index in [0.29, 0.717) is 23.0 Å². The molecule has 0 unspecified atom stereocenters. The third-order valence-corrected chi connectivity index (χ3v) is 5.08. The van der Waals surface area contributed by atoms with Crippen molar-refractivity contribution in [2.45, 2.75) is 31.2 Å². The van der Waals surface area contributed by atoms with Gasteiger partial charge in [-0.25, -0.2) is 5.01 Å². The molecule has 7 heteroatoms. The molecule has 0 fully saturated rings. The monoisotopic (exact) mass is 393 g/mol. The predicted molar refractivity (Wildman–Crippen MR) is 105 cm³/mol. The average Bonchev–Trinajstić information content (AvgIpc) is 2.59. The fraction of sp³-hybridized carbons (Fsp3) is 0.222. The van der Waals surface area contributed by atoms with Gasteiger partial charge in [-0.2, -0.15) is 5.10 Å². The molecule has 0 atom stereocenters. The maximum atomic E-state index is 12.1. The second-order valence-corrected chi connectivity index (χ2v) is 7.50. The van der Waals surface area contributed by atoms with E-state index in [0.717, 1.165) is 28.3 Å². The summed E-state index contributed by atoms with van der Waals surface area (Å²) in [6.07, 6.45) is 1.23. The maximum absolute atomic E-state index is 12.1. The Balaban J connectivity index is 1.77. The Hall–Kier alpha value is -1.69. The van der Waals surface area contributed by atoms with Crippen LogP contribution in [0, 0.1) is 0 Å². The summed E-state index contributed by atoms with van der Waals surface area (Å²) >= 11 is 13.5. The van der Waals surface area contributed by atoms with Crippen LogP contribution in [0.25, 0.3) is 0 Å². The molecule has 3 rings (SSSR count). The summed E-state index contributed by atoms with van der Waals surface area (Å²) in [5, 5.41) is 7.23. The van der Waals surface area contributed by atoms with Gasteiger partial charge in [-0.3, -0.25) is 4.79 Å². The van der Waals surface area contributed by atoms with Crippen LogP contribution in [0.2, 0.25) is 10.0 Å². The molecular weight excluding hydrogens is 377 g/mol. The normalized spacial score (nSPS) is 14.4. The highest BCUT2D eigenvalue weighted by Crippen LogP contribution is 2.29. The predicted octanol–water partition coefficient (Wildman–Crippen LogP) is 5.61. The van der Waals surface area contributed by atoms with Crippen molar-refractivity contribution < 1.29 is 4.79 Å². The summed E-state index contributed by atoms with van der Waals surface area (Å²) in [5.41, 5.74) is 2.79. The third-order valence-electron chi connectivity index (χ3n) is 3.76. The molecular formula is C18H17Cl2N3OS. The Bertz CT molecular complexity index is 808. The van der Waals surface area contributed by atoms with E-state index < -0.39 is 0 Å². The zero-order valence-electron chi connectivity index (χ0n) is 13.6. The Morgan fingerprint density at radius 1 is 1.12 bits per heavy atom. The number of benzene rings is 2. The van der Waals surface area contributed by atoms with E-state index >= 15 is 0 Å². The Morgan fingerprint density at radius 3 is 2.60 bits per heavy atom. The third kappa shape index (κ3) is 4.91. The van der Waals surface area contributed by atoms with Crippen LogP contribution >= 0.6 is 35.1 Å². The minimum absolute atomic E-state index is 0.0388. The van der Waals surface area contributed by atoms with Gasteiger partial charge in [-0.1, -0.05) is 29.3 Å². The molecule has 0 saturated carbocycles. The van der Waals surface area contributed by atoms with E-state index in [1.54, 1.807) is 0 Å². The number of hydrogen-bond acceptors (Lipinski definition) is 4. The van der Waals surface area contributed by atoms with Crippen molar-refractivity contribution in [2.24, 2.45) is 5.10 Å². The Kier molecular flexibility index (Phi) is 5.89. The van der Waals surface area contributed by atoms with Crippen LogP contribution in [0.15, 0.2) is 52.5 Å². The number of halogens is 2. The molecule has 25 heavy (non-hydrogen) atoms. The van der Waals surface area contributed by atoms with Gasteiger partial charge in [0.25, 0.3) is 0 Å². The molecule has 0 saturated heterocycles. The molecule has 1 aliphatic heterocycles. The summed E-state index contributed by atoms with van der Waals surface area (Å²) in [6, 6.07) is 13.1. The van der Waals surface area contributed by atoms with Crippen molar-refractivity contribution in [1.82, 2.24) is 5.01 Å². The fourth-order valence-electron chi connectivity index (χ4n) is 2.41. The van der Waals surface area contributed by atoms with Gasteiger partial charge in [0.2, 0.25) is 5.91 Å². The average molecular weight is 394 g/mol. The molecule has 2 aromatic rings. The number of hydrazone groups is 1. The van der Waals surface area contributed by atoms with E-state index in [9.17, 15) is 4.79 Å². The van der Waals surface area contributed by atoms with Gasteiger partial charge in [0.15, 0.2) is 0 Å². The molecule has 1 heterocycles. The van der Waals surface area contributed by atoms with Gasteiger partial charge < -0.3 is 4.72 Å². The van der Waals surface area contributed by atoms with Crippen LogP contribution in [0.3, 0.4) is 0 Å². The first-order chi connectivity index (χ1) is 12.0. The first-order valence-corrected chi connectivity index (χ1v) is 9.40. The number of carbonyl (C=O) groups is 1. The molecule has 1 aliphatic rings. The number of amides is 1. The van der Waals surface area contributed by atoms with Gasteiger partial charge in [0.1, 0.15) is 0 Å². The lowest BCUT2D eigenvalue weighted by atomic mass is 10.1. The van der Waals surface area contributed by atoms with Gasteiger partial charge in [-0.05, 0) is 67.3 Å². The fourth-order valence-corrected chi connectivity index (χ4v) is 3.40. The first kappa shape index (κ1) is 18.1. The molecule has 0 aliphatic carbocycles. The van der Waals surface area contributed by atoms with Gasteiger partial charge in [0, 0.05) is 27.1 Å². The Labute approximate surface area is 161 Å². The number of carbonyl (C=O) groups excluding carboxylic acids is 1. The lowest BCUT2D eigenvalue weighted by Gasteiger charge is -2.23. The lowest BCUT2D eigenvalue weighted by molar-refractivity contribution is -0.132. The van der Waals surface area contributed by atoms with Crippen molar-refractivity contribution in [3.63, 3.8) is 0 Å². The largest absolute Gasteiger partial charge is 0.325 e. The van der Waals surface area contributed by atoms with Crippen molar-refractivity contribution >= 4 is 52.5 Å². The summed E-state index contributed by atoms with van der Waals surface area (Å²) in [5.74, 6) is 0.0388. The molecule has 2 aromatic carbocycles. The highest BCUT2D eigenvalue weighted by molar-refractivity contribution is 8.00. The van der Waals surface area contributed by atoms with E-state index in [-0.39, 0.29) is 5.91 Å². The van der Waals surface area contributed by atoms with Gasteiger partial charge in [-0.15, -0.1) is 0 Å². The van der Waals surface area contributed by atoms with Crippen molar-refractivity contribution in [1.29, 1.82) is 0 Å². The number of anilines is 1. The minimum Gasteiger partial charge on any atom is -0.325 e. The maximum Gasteiger partial charge on any atom is 0.243 e. The van der Waals surface area contributed by atoms with Crippen LogP contribution in [-0.4, -0.2) is 16.6 Å². The van der Waals surface area contributed by atoms with E-state index in [1.807, 2.05) is 49.4 Å². The highest BCUT2D eigenvalue weighted by atomic mass is 35.5. The zero-order chi connectivity index (χ0) is 17.8. The first-order valence-electron chi connectivity index (χ1n) is 7.82. The molecule has 130 valence electrons. The quantitative estimate of drug-likeness (QED) is 0.671. The second kappa shape index (κ2) is 8.13. The van der Waals surface area contributed by atoms with Gasteiger partial charge in [0.05, 0.1) is 12.2 Å². The van der Waals surface area contributed by atoms with Crippen LogP contribution in [0.4, 0.5) is 5.69 Å². The number of nitrogens with one attached hydrogen (secondary N) is 1. The molecule has 4 nitrogen and oxygen atoms in total. The van der Waals surface area contributed by atoms with Gasteiger partial charge >= 0.3 is 0 Å². The summed E-state index contributed by atoms with van der Waals surface area (Å²) < 4.78 is 3.31. The lowest BCUT2D eigenvalue weighted by Crippen LogP contribution is -2.30. The van der Waals surface area contributed by atoms with Crippen LogP contribution in [0.1, 0.15) is 25.3 Å². The van der Waals surface area contributed by atoms with E-state index in [2.05, 4.69) is 9.82 Å². The molecule has 0 radical (unpaired) electrons. The number of nitrogens with zero attached hydrogens (tertiary/aromatic N) is 2. The molecule has 0 spiro atoms. The summed E-state index contributed by atoms with van der Waals surface area (Å²) in [6.45, 7) is 2.35. The van der Waals surface area contributed by atoms with Crippen LogP contribution in [0.5, 0.6) is 0 Å². The van der Waals surface area contributed by atoms with Crippen molar-refractivity contribution in [3.05, 3.63) is 58.1 Å². The van der Waals surface area contributed by atoms with E-state index in [4.69, 9.17) is 23.2 Å². The minimum atomic E-state index is 0.0388. The van der Waals surface area contributed by atoms with Crippen LogP contribution in [-0.2, 0) is 11.3 Å². The number of hydrogen-bond donors (Lipinski definition) is 1. The van der Waals surface area contributed by atoms with Crippen molar-refractivity contribution in [3.8, 4) is 0 Å². The standard InChI is InChI=1S/C18H17Cl2N3OS/c1-12-2-9-18(24)23(21-12)11-13-3-4-15(20)10-17(13)22-25-16-7-5-14(19)6-8-16/h3-8,10,22H,2,9,11H2,1H3. The molecule has 1 amide bonds. The smallest absolute Gasteiger partial charge is 0.243 e. The SMILES string of the molecule is CC1=NN(Cc2ccc(Cl)cc2NSc2ccc(Cl)cc2)C(=O)CC1. The molecule has 1 N–H and O–H groups in total. The summed E-state index contributed by atoms with van der Waals surface area (Å²) in [7, 11) is 0. The Morgan fingerprint density at radius 2 is 1.84 bits per heavy atom. The topological polar surface area (TPSA) is 44.7 Å².